The van der Waals surface area contributed by atoms with E-state index in [9.17, 15) is 0 Å². The maximum atomic E-state index is 5.71. The van der Waals surface area contributed by atoms with Gasteiger partial charge >= 0.3 is 0 Å². The van der Waals surface area contributed by atoms with Gasteiger partial charge in [0.1, 0.15) is 11.5 Å². The Hall–Kier alpha value is -2.24. The van der Waals surface area contributed by atoms with E-state index in [4.69, 9.17) is 16.9 Å². The van der Waals surface area contributed by atoms with Crippen LogP contribution in [0.25, 0.3) is 0 Å². The molecular weight excluding hydrogens is 210 g/mol. The van der Waals surface area contributed by atoms with Crippen molar-refractivity contribution in [3.05, 3.63) is 59.7 Å². The largest absolute Gasteiger partial charge is 0.457 e. The lowest BCUT2D eigenvalue weighted by Crippen LogP contribution is -1.96. The molecule has 17 heavy (non-hydrogen) atoms. The number of hydrogen-bond acceptors (Lipinski definition) is 2. The SMILES string of the molecule is C#Cc1cccc(Oc2cccc(CN)c2)c1. The minimum absolute atomic E-state index is 0.502. The van der Waals surface area contributed by atoms with Crippen molar-refractivity contribution in [1.29, 1.82) is 0 Å². The minimum atomic E-state index is 0.502. The van der Waals surface area contributed by atoms with Crippen molar-refractivity contribution >= 4 is 0 Å². The number of rotatable bonds is 3. The Bertz CT molecular complexity index is 555. The zero-order valence-electron chi connectivity index (χ0n) is 9.39. The van der Waals surface area contributed by atoms with E-state index >= 15 is 0 Å². The molecule has 0 bridgehead atoms. The molecule has 0 atom stereocenters. The molecule has 0 aliphatic carbocycles. The number of nitrogens with two attached hydrogens (primary N) is 1. The van der Waals surface area contributed by atoms with E-state index in [0.29, 0.717) is 6.54 Å². The zero-order chi connectivity index (χ0) is 12.1. The third kappa shape index (κ3) is 2.87. The average molecular weight is 223 g/mol. The highest BCUT2D eigenvalue weighted by atomic mass is 16.5. The summed E-state index contributed by atoms with van der Waals surface area (Å²) in [5.41, 5.74) is 7.42. The highest BCUT2D eigenvalue weighted by Gasteiger charge is 1.99. The van der Waals surface area contributed by atoms with Gasteiger partial charge in [-0.1, -0.05) is 24.1 Å². The fourth-order valence-electron chi connectivity index (χ4n) is 1.52. The predicted octanol–water partition coefficient (Wildman–Crippen LogP) is 2.92. The van der Waals surface area contributed by atoms with Gasteiger partial charge in [-0.2, -0.15) is 0 Å². The Morgan fingerprint density at radius 3 is 2.47 bits per heavy atom. The Kier molecular flexibility index (Phi) is 3.44. The van der Waals surface area contributed by atoms with Crippen LogP contribution in [0.4, 0.5) is 0 Å². The van der Waals surface area contributed by atoms with E-state index in [2.05, 4.69) is 5.92 Å². The van der Waals surface area contributed by atoms with Crippen molar-refractivity contribution in [2.24, 2.45) is 5.73 Å². The summed E-state index contributed by atoms with van der Waals surface area (Å²) in [5.74, 6) is 4.07. The molecule has 2 nitrogen and oxygen atoms in total. The highest BCUT2D eigenvalue weighted by Crippen LogP contribution is 2.22. The molecular formula is C15H13NO. The lowest BCUT2D eigenvalue weighted by molar-refractivity contribution is 0.482. The van der Waals surface area contributed by atoms with Crippen LogP contribution in [0.15, 0.2) is 48.5 Å². The van der Waals surface area contributed by atoms with E-state index < -0.39 is 0 Å². The molecule has 2 rings (SSSR count). The van der Waals surface area contributed by atoms with E-state index in [0.717, 1.165) is 22.6 Å². The van der Waals surface area contributed by atoms with Crippen LogP contribution in [0.1, 0.15) is 11.1 Å². The summed E-state index contributed by atoms with van der Waals surface area (Å²) in [6.07, 6.45) is 5.34. The molecule has 0 aliphatic heterocycles. The van der Waals surface area contributed by atoms with Gasteiger partial charge in [0, 0.05) is 12.1 Å². The smallest absolute Gasteiger partial charge is 0.128 e. The van der Waals surface area contributed by atoms with Gasteiger partial charge in [-0.3, -0.25) is 0 Å². The fourth-order valence-corrected chi connectivity index (χ4v) is 1.52. The summed E-state index contributed by atoms with van der Waals surface area (Å²) < 4.78 is 5.71. The average Bonchev–Trinajstić information content (AvgIpc) is 2.39. The van der Waals surface area contributed by atoms with Crippen LogP contribution < -0.4 is 10.5 Å². The number of ether oxygens (including phenoxy) is 1. The normalized spacial score (nSPS) is 9.65. The Balaban J connectivity index is 2.22. The van der Waals surface area contributed by atoms with Crippen molar-refractivity contribution in [2.75, 3.05) is 0 Å². The number of hydrogen-bond donors (Lipinski definition) is 1. The third-order valence-corrected chi connectivity index (χ3v) is 2.37. The molecule has 2 heteroatoms. The number of benzene rings is 2. The number of terminal acetylenes is 1. The molecule has 2 aromatic carbocycles. The van der Waals surface area contributed by atoms with Gasteiger partial charge in [0.2, 0.25) is 0 Å². The first kappa shape index (κ1) is 11.3. The monoisotopic (exact) mass is 223 g/mol. The van der Waals surface area contributed by atoms with Gasteiger partial charge in [-0.05, 0) is 35.9 Å². The molecule has 0 aromatic heterocycles. The van der Waals surface area contributed by atoms with Gasteiger partial charge in [-0.25, -0.2) is 0 Å². The van der Waals surface area contributed by atoms with Crippen LogP contribution in [-0.4, -0.2) is 0 Å². The second-order valence-corrected chi connectivity index (χ2v) is 3.63. The van der Waals surface area contributed by atoms with Crippen LogP contribution >= 0.6 is 0 Å². The predicted molar refractivity (Wildman–Crippen MR) is 68.8 cm³/mol. The summed E-state index contributed by atoms with van der Waals surface area (Å²) in [6, 6.07) is 15.1. The standard InChI is InChI=1S/C15H13NO/c1-2-12-5-3-7-14(9-12)17-15-8-4-6-13(10-15)11-16/h1,3-10H,11,16H2. The molecule has 0 saturated carbocycles. The molecule has 0 heterocycles. The maximum absolute atomic E-state index is 5.71. The van der Waals surface area contributed by atoms with Crippen LogP contribution in [0.3, 0.4) is 0 Å². The van der Waals surface area contributed by atoms with Crippen molar-refractivity contribution in [3.8, 4) is 23.8 Å². The fraction of sp³-hybridized carbons (Fsp3) is 0.0667. The maximum Gasteiger partial charge on any atom is 0.128 e. The Morgan fingerprint density at radius 2 is 1.76 bits per heavy atom. The van der Waals surface area contributed by atoms with Gasteiger partial charge in [0.05, 0.1) is 0 Å². The van der Waals surface area contributed by atoms with Crippen LogP contribution in [-0.2, 0) is 6.54 Å². The zero-order valence-corrected chi connectivity index (χ0v) is 9.39. The molecule has 0 aliphatic rings. The first-order valence-corrected chi connectivity index (χ1v) is 5.35. The third-order valence-electron chi connectivity index (χ3n) is 2.37. The van der Waals surface area contributed by atoms with Crippen molar-refractivity contribution in [2.45, 2.75) is 6.54 Å². The lowest BCUT2D eigenvalue weighted by Gasteiger charge is -2.07. The van der Waals surface area contributed by atoms with Crippen molar-refractivity contribution in [1.82, 2.24) is 0 Å². The molecule has 84 valence electrons. The molecule has 0 radical (unpaired) electrons. The summed E-state index contributed by atoms with van der Waals surface area (Å²) in [7, 11) is 0. The van der Waals surface area contributed by atoms with Gasteiger partial charge in [-0.15, -0.1) is 6.42 Å². The summed E-state index contributed by atoms with van der Waals surface area (Å²) in [6.45, 7) is 0.502. The first-order chi connectivity index (χ1) is 8.31. The molecule has 2 aromatic rings. The van der Waals surface area contributed by atoms with E-state index in [-0.39, 0.29) is 0 Å². The summed E-state index contributed by atoms with van der Waals surface area (Å²) in [5, 5.41) is 0. The van der Waals surface area contributed by atoms with Gasteiger partial charge < -0.3 is 10.5 Å². The molecule has 0 unspecified atom stereocenters. The molecule has 0 fully saturated rings. The van der Waals surface area contributed by atoms with E-state index in [1.165, 1.54) is 0 Å². The van der Waals surface area contributed by atoms with Gasteiger partial charge in [0.25, 0.3) is 0 Å². The highest BCUT2D eigenvalue weighted by molar-refractivity contribution is 5.41. The second kappa shape index (κ2) is 5.20. The minimum Gasteiger partial charge on any atom is -0.457 e. The summed E-state index contributed by atoms with van der Waals surface area (Å²) >= 11 is 0. The molecule has 0 spiro atoms. The summed E-state index contributed by atoms with van der Waals surface area (Å²) in [4.78, 5) is 0. The quantitative estimate of drug-likeness (QED) is 0.812. The van der Waals surface area contributed by atoms with Crippen LogP contribution in [0.5, 0.6) is 11.5 Å². The molecule has 0 saturated heterocycles. The van der Waals surface area contributed by atoms with Gasteiger partial charge in [0.15, 0.2) is 0 Å². The van der Waals surface area contributed by atoms with Crippen molar-refractivity contribution < 1.29 is 4.74 Å². The first-order valence-electron chi connectivity index (χ1n) is 5.35. The topological polar surface area (TPSA) is 35.2 Å². The van der Waals surface area contributed by atoms with Crippen LogP contribution in [0.2, 0.25) is 0 Å². The lowest BCUT2D eigenvalue weighted by atomic mass is 10.2. The van der Waals surface area contributed by atoms with E-state index in [1.54, 1.807) is 0 Å². The van der Waals surface area contributed by atoms with Crippen LogP contribution in [0, 0.1) is 12.3 Å². The second-order valence-electron chi connectivity index (χ2n) is 3.63. The molecule has 2 N–H and O–H groups in total. The van der Waals surface area contributed by atoms with Crippen molar-refractivity contribution in [3.63, 3.8) is 0 Å². The molecule has 0 amide bonds. The Morgan fingerprint density at radius 1 is 1.06 bits per heavy atom. The Labute approximate surface area is 101 Å². The van der Waals surface area contributed by atoms with E-state index in [1.807, 2.05) is 48.5 Å².